The van der Waals surface area contributed by atoms with Crippen molar-refractivity contribution in [2.45, 2.75) is 38.5 Å². The summed E-state index contributed by atoms with van der Waals surface area (Å²) < 4.78 is 0. The first-order valence-corrected chi connectivity index (χ1v) is 9.50. The van der Waals surface area contributed by atoms with Crippen LogP contribution in [0.15, 0.2) is 48.5 Å². The van der Waals surface area contributed by atoms with E-state index in [1.54, 1.807) is 0 Å². The summed E-state index contributed by atoms with van der Waals surface area (Å²) in [4.78, 5) is 10.5. The summed E-state index contributed by atoms with van der Waals surface area (Å²) in [7, 11) is 0. The van der Waals surface area contributed by atoms with Gasteiger partial charge in [-0.3, -0.25) is 6.08 Å². The molecule has 2 aliphatic rings. The molecule has 0 unspecified atom stereocenters. The van der Waals surface area contributed by atoms with Crippen molar-refractivity contribution in [2.75, 3.05) is 0 Å². The number of halogens is 2. The number of fused-ring (bicyclic) bond motifs is 6. The number of rotatable bonds is 1. The summed E-state index contributed by atoms with van der Waals surface area (Å²) in [6, 6.07) is 17.3. The molecular weight excluding hydrogens is 489 g/mol. The van der Waals surface area contributed by atoms with E-state index in [4.69, 9.17) is 5.73 Å². The van der Waals surface area contributed by atoms with Crippen LogP contribution in [0.5, 0.6) is 0 Å². The Kier molecular flexibility index (Phi) is 18.3. The zero-order valence-electron chi connectivity index (χ0n) is 18.7. The SMILES string of the molecule is [C-]1=Cc2c(c3ccccc3c3ccccc23)C1.[CH3-].[CH3-].[Cl-].[Cl-].[NH-]C(=O)C1CCCCC1.[Si].[Ti+2]. The zero-order chi connectivity index (χ0) is 17.9. The summed E-state index contributed by atoms with van der Waals surface area (Å²) in [5, 5.41) is 5.44. The van der Waals surface area contributed by atoms with Gasteiger partial charge in [-0.2, -0.15) is 5.56 Å². The molecule has 0 aliphatic heterocycles. The van der Waals surface area contributed by atoms with Crippen LogP contribution in [0.2, 0.25) is 0 Å². The van der Waals surface area contributed by atoms with Gasteiger partial charge in [0.05, 0.1) is 5.91 Å². The Morgan fingerprint density at radius 2 is 1.28 bits per heavy atom. The Hall–Kier alpha value is -1.10. The second kappa shape index (κ2) is 16.5. The van der Waals surface area contributed by atoms with E-state index in [-0.39, 0.29) is 84.2 Å². The predicted octanol–water partition coefficient (Wildman–Crippen LogP) is 1.04. The van der Waals surface area contributed by atoms with E-state index in [2.05, 4.69) is 60.7 Å². The first-order valence-electron chi connectivity index (χ1n) is 9.50. The first kappa shape index (κ1) is 35.5. The molecule has 1 amide bonds. The van der Waals surface area contributed by atoms with Gasteiger partial charge in [0.15, 0.2) is 0 Å². The van der Waals surface area contributed by atoms with Crippen molar-refractivity contribution in [2.24, 2.45) is 5.92 Å². The van der Waals surface area contributed by atoms with E-state index in [1.807, 2.05) is 0 Å². The maximum absolute atomic E-state index is 10.5. The molecule has 0 atom stereocenters. The van der Waals surface area contributed by atoms with E-state index in [1.165, 1.54) is 39.1 Å². The third-order valence-corrected chi connectivity index (χ3v) is 5.59. The number of hydrogen-bond acceptors (Lipinski definition) is 1. The molecule has 5 rings (SSSR count). The molecule has 3 aromatic carbocycles. The molecule has 0 heterocycles. The van der Waals surface area contributed by atoms with Crippen molar-refractivity contribution < 1.29 is 51.3 Å². The van der Waals surface area contributed by atoms with Gasteiger partial charge in [0.2, 0.25) is 0 Å². The summed E-state index contributed by atoms with van der Waals surface area (Å²) in [5.74, 6) is -0.270. The Morgan fingerprint density at radius 1 is 0.812 bits per heavy atom. The van der Waals surface area contributed by atoms with E-state index in [0.29, 0.717) is 0 Å². The van der Waals surface area contributed by atoms with Gasteiger partial charge in [-0.25, -0.2) is 6.08 Å². The Morgan fingerprint density at radius 3 is 1.78 bits per heavy atom. The zero-order valence-corrected chi connectivity index (χ0v) is 22.8. The van der Waals surface area contributed by atoms with Gasteiger partial charge >= 0.3 is 21.7 Å². The van der Waals surface area contributed by atoms with Crippen LogP contribution in [-0.2, 0) is 32.9 Å². The van der Waals surface area contributed by atoms with Crippen molar-refractivity contribution >= 4 is 44.5 Å². The van der Waals surface area contributed by atoms with Crippen LogP contribution >= 0.6 is 0 Å². The van der Waals surface area contributed by atoms with Crippen LogP contribution in [-0.4, -0.2) is 16.9 Å². The van der Waals surface area contributed by atoms with E-state index in [9.17, 15) is 4.79 Å². The standard InChI is InChI=1S/C17H11.C7H13NO.2CH3.2ClH.Si.Ti/c1-3-8-14-12(6-1)13-7-2-4-9-15(13)17-11-5-10-16(14)17;8-7(9)6-4-2-1-3-5-6;;;;;;/h1-4,6-10H,11H2;6H,1-5H2,(H2,8,9);2*1H3;2*1H;;/q-1;;2*-1;;;;+2/p-3. The minimum Gasteiger partial charge on any atom is -1.00 e. The first-order chi connectivity index (χ1) is 12.8. The molecule has 2 nitrogen and oxygen atoms in total. The fourth-order valence-corrected chi connectivity index (χ4v) is 4.22. The Labute approximate surface area is 225 Å². The smallest absolute Gasteiger partial charge is 1.00 e. The van der Waals surface area contributed by atoms with E-state index in [0.717, 1.165) is 32.1 Å². The number of nitrogens with one attached hydrogen (secondary N) is 1. The van der Waals surface area contributed by atoms with Crippen LogP contribution in [0, 0.1) is 26.8 Å². The third-order valence-electron chi connectivity index (χ3n) is 5.59. The number of benzene rings is 3. The summed E-state index contributed by atoms with van der Waals surface area (Å²) in [6.45, 7) is 0. The maximum atomic E-state index is 10.5. The molecule has 0 bridgehead atoms. The van der Waals surface area contributed by atoms with E-state index < -0.39 is 0 Å². The van der Waals surface area contributed by atoms with Crippen molar-refractivity contribution in [1.82, 2.24) is 0 Å². The molecule has 2 aliphatic carbocycles. The second-order valence-electron chi connectivity index (χ2n) is 7.21. The molecule has 32 heavy (non-hydrogen) atoms. The van der Waals surface area contributed by atoms with Gasteiger partial charge in [0.1, 0.15) is 0 Å². The monoisotopic (exact) mass is 517 g/mol. The van der Waals surface area contributed by atoms with Crippen molar-refractivity contribution in [3.63, 3.8) is 0 Å². The molecule has 1 saturated carbocycles. The molecule has 0 spiro atoms. The van der Waals surface area contributed by atoms with Crippen LogP contribution in [0.25, 0.3) is 33.4 Å². The van der Waals surface area contributed by atoms with Gasteiger partial charge in [-0.1, -0.05) is 73.2 Å². The average molecular weight is 518 g/mol. The Bertz CT molecular complexity index is 1000. The van der Waals surface area contributed by atoms with Crippen molar-refractivity contribution in [1.29, 1.82) is 0 Å². The fraction of sp³-hybridized carbons (Fsp3) is 0.269. The number of amides is 1. The summed E-state index contributed by atoms with van der Waals surface area (Å²) in [5.41, 5.74) is 9.62. The molecule has 170 valence electrons. The van der Waals surface area contributed by atoms with Gasteiger partial charge in [0, 0.05) is 16.9 Å². The fourth-order valence-electron chi connectivity index (χ4n) is 4.22. The van der Waals surface area contributed by atoms with Crippen molar-refractivity contribution in [3.8, 4) is 0 Å². The third kappa shape index (κ3) is 7.46. The van der Waals surface area contributed by atoms with Gasteiger partial charge in [0.25, 0.3) is 0 Å². The van der Waals surface area contributed by atoms with Gasteiger partial charge in [-0.05, 0) is 29.0 Å². The molecule has 4 radical (unpaired) electrons. The molecule has 1 N–H and O–H groups in total. The van der Waals surface area contributed by atoms with Crippen LogP contribution in [0.1, 0.15) is 43.2 Å². The summed E-state index contributed by atoms with van der Waals surface area (Å²) in [6.07, 6.45) is 11.9. The van der Waals surface area contributed by atoms with Crippen LogP contribution in [0.4, 0.5) is 0 Å². The molecule has 1 fully saturated rings. The minimum absolute atomic E-state index is 0. The Balaban J connectivity index is -0.000000500. The molecule has 6 heteroatoms. The molecule has 0 aromatic heterocycles. The average Bonchev–Trinajstić information content (AvgIpc) is 3.20. The number of allylic oxidation sites excluding steroid dienone is 1. The quantitative estimate of drug-likeness (QED) is 0.270. The largest absolute Gasteiger partial charge is 2.00 e. The predicted molar refractivity (Wildman–Crippen MR) is 127 cm³/mol. The topological polar surface area (TPSA) is 40.9 Å². The minimum atomic E-state index is -0.352. The summed E-state index contributed by atoms with van der Waals surface area (Å²) >= 11 is 0. The van der Waals surface area contributed by atoms with Crippen LogP contribution < -0.4 is 24.8 Å². The normalized spacial score (nSPS) is 13.2. The van der Waals surface area contributed by atoms with Crippen LogP contribution in [0.3, 0.4) is 0 Å². The van der Waals surface area contributed by atoms with E-state index >= 15 is 0 Å². The van der Waals surface area contributed by atoms with Gasteiger partial charge < -0.3 is 50.2 Å². The number of carbonyl (C=O) groups excluding carboxylic acids is 1. The van der Waals surface area contributed by atoms with Gasteiger partial charge in [-0.15, -0.1) is 12.0 Å². The van der Waals surface area contributed by atoms with Crippen molar-refractivity contribution in [3.05, 3.63) is 86.3 Å². The maximum Gasteiger partial charge on any atom is 2.00 e. The molecule has 3 aromatic rings. The second-order valence-corrected chi connectivity index (χ2v) is 7.21. The molecule has 0 saturated heterocycles. The number of carbonyl (C=O) groups is 1. The molecular formula is C26H29Cl2NOSiTi-4. The number of hydrogen-bond donors (Lipinski definition) is 0.